The first-order valence-corrected chi connectivity index (χ1v) is 7.03. The third-order valence-corrected chi connectivity index (χ3v) is 4.57. The highest BCUT2D eigenvalue weighted by Crippen LogP contribution is 2.30. The van der Waals surface area contributed by atoms with Crippen LogP contribution in [0.2, 0.25) is 0 Å². The largest absolute Gasteiger partial charge is 0.309 e. The minimum absolute atomic E-state index is 0.463. The van der Waals surface area contributed by atoms with E-state index in [2.05, 4.69) is 49.0 Å². The second kappa shape index (κ2) is 4.31. The summed E-state index contributed by atoms with van der Waals surface area (Å²) in [6.45, 7) is 1.11. The normalized spacial score (nSPS) is 20.4. The number of halogens is 1. The lowest BCUT2D eigenvalue weighted by atomic mass is 10.1. The quantitative estimate of drug-likeness (QED) is 0.893. The summed E-state index contributed by atoms with van der Waals surface area (Å²) in [5.41, 5.74) is 2.25. The molecule has 1 saturated heterocycles. The minimum atomic E-state index is 0.463. The molecule has 1 unspecified atom stereocenters. The van der Waals surface area contributed by atoms with Crippen molar-refractivity contribution < 1.29 is 0 Å². The lowest BCUT2D eigenvalue weighted by molar-refractivity contribution is 0.625. The van der Waals surface area contributed by atoms with Gasteiger partial charge in [0.1, 0.15) is 5.69 Å². The van der Waals surface area contributed by atoms with Crippen LogP contribution in [0.15, 0.2) is 22.0 Å². The Morgan fingerprint density at radius 2 is 2.38 bits per heavy atom. The van der Waals surface area contributed by atoms with Crippen molar-refractivity contribution in [2.75, 3.05) is 6.54 Å². The lowest BCUT2D eigenvalue weighted by Gasteiger charge is -2.05. The molecule has 0 spiro atoms. The van der Waals surface area contributed by atoms with Crippen LogP contribution in [-0.2, 0) is 0 Å². The van der Waals surface area contributed by atoms with E-state index >= 15 is 0 Å². The molecule has 0 amide bonds. The maximum Gasteiger partial charge on any atom is 0.102 e. The van der Waals surface area contributed by atoms with Crippen molar-refractivity contribution in [3.8, 4) is 10.6 Å². The van der Waals surface area contributed by atoms with Gasteiger partial charge >= 0.3 is 0 Å². The molecule has 0 aliphatic carbocycles. The van der Waals surface area contributed by atoms with E-state index in [0.29, 0.717) is 6.04 Å². The first-order valence-electron chi connectivity index (χ1n) is 5.36. The number of rotatable bonds is 2. The van der Waals surface area contributed by atoms with E-state index in [9.17, 15) is 0 Å². The fourth-order valence-corrected chi connectivity index (χ4v) is 3.43. The van der Waals surface area contributed by atoms with Gasteiger partial charge in [0.2, 0.25) is 0 Å². The zero-order valence-electron chi connectivity index (χ0n) is 8.66. The molecule has 0 aromatic carbocycles. The molecule has 0 radical (unpaired) electrons. The predicted octanol–water partition coefficient (Wildman–Crippen LogP) is 3.33. The Bertz CT molecular complexity index is 485. The fourth-order valence-electron chi connectivity index (χ4n) is 2.04. The van der Waals surface area contributed by atoms with Gasteiger partial charge in [0.05, 0.1) is 10.6 Å². The van der Waals surface area contributed by atoms with Gasteiger partial charge in [-0.25, -0.2) is 0 Å². The van der Waals surface area contributed by atoms with Crippen LogP contribution >= 0.6 is 27.3 Å². The van der Waals surface area contributed by atoms with Gasteiger partial charge in [0.25, 0.3) is 0 Å². The zero-order valence-corrected chi connectivity index (χ0v) is 11.1. The molecule has 16 heavy (non-hydrogen) atoms. The van der Waals surface area contributed by atoms with Crippen molar-refractivity contribution >= 4 is 27.3 Å². The van der Waals surface area contributed by atoms with Crippen LogP contribution in [0, 0.1) is 0 Å². The molecule has 1 aliphatic rings. The van der Waals surface area contributed by atoms with Gasteiger partial charge in [-0.2, -0.15) is 5.10 Å². The third kappa shape index (κ3) is 1.95. The molecule has 3 nitrogen and oxygen atoms in total. The molecular weight excluding hydrogens is 286 g/mol. The van der Waals surface area contributed by atoms with Crippen LogP contribution in [0.3, 0.4) is 0 Å². The molecular formula is C11H12BrN3S. The van der Waals surface area contributed by atoms with Gasteiger partial charge < -0.3 is 5.32 Å². The Hall–Kier alpha value is -0.650. The molecule has 0 saturated carbocycles. The Labute approximate surface area is 106 Å². The van der Waals surface area contributed by atoms with Crippen LogP contribution in [0.25, 0.3) is 10.6 Å². The monoisotopic (exact) mass is 297 g/mol. The van der Waals surface area contributed by atoms with Gasteiger partial charge in [0, 0.05) is 15.9 Å². The molecule has 2 aromatic rings. The molecule has 3 rings (SSSR count). The maximum atomic E-state index is 4.37. The standard InChI is InChI=1S/C11H12BrN3S/c12-7-4-11(16-6-7)10-5-9(14-15-10)8-2-1-3-13-8/h4-6,8,13H,1-3H2,(H,14,15). The summed E-state index contributed by atoms with van der Waals surface area (Å²) >= 11 is 5.17. The number of H-pyrrole nitrogens is 1. The first-order chi connectivity index (χ1) is 7.83. The summed E-state index contributed by atoms with van der Waals surface area (Å²) in [6, 6.07) is 4.72. The summed E-state index contributed by atoms with van der Waals surface area (Å²) in [6.07, 6.45) is 2.46. The Balaban J connectivity index is 1.87. The molecule has 1 fully saturated rings. The zero-order chi connectivity index (χ0) is 11.0. The average molecular weight is 298 g/mol. The summed E-state index contributed by atoms with van der Waals surface area (Å²) in [4.78, 5) is 1.20. The molecule has 84 valence electrons. The van der Waals surface area contributed by atoms with Crippen LogP contribution in [-0.4, -0.2) is 16.7 Å². The number of nitrogens with one attached hydrogen (secondary N) is 2. The molecule has 5 heteroatoms. The van der Waals surface area contributed by atoms with Crippen molar-refractivity contribution in [1.82, 2.24) is 15.5 Å². The van der Waals surface area contributed by atoms with E-state index in [0.717, 1.165) is 16.7 Å². The highest BCUT2D eigenvalue weighted by Gasteiger charge is 2.18. The molecule has 3 heterocycles. The van der Waals surface area contributed by atoms with Crippen LogP contribution in [0.5, 0.6) is 0 Å². The molecule has 1 aliphatic heterocycles. The lowest BCUT2D eigenvalue weighted by Crippen LogP contribution is -2.12. The number of hydrogen-bond acceptors (Lipinski definition) is 3. The third-order valence-electron chi connectivity index (χ3n) is 2.85. The number of aromatic amines is 1. The Kier molecular flexibility index (Phi) is 2.83. The second-order valence-corrected chi connectivity index (χ2v) is 5.81. The van der Waals surface area contributed by atoms with Crippen LogP contribution < -0.4 is 5.32 Å². The second-order valence-electron chi connectivity index (χ2n) is 3.99. The van der Waals surface area contributed by atoms with E-state index in [1.54, 1.807) is 11.3 Å². The summed E-state index contributed by atoms with van der Waals surface area (Å²) < 4.78 is 1.12. The maximum absolute atomic E-state index is 4.37. The number of hydrogen-bond donors (Lipinski definition) is 2. The van der Waals surface area contributed by atoms with Crippen LogP contribution in [0.4, 0.5) is 0 Å². The van der Waals surface area contributed by atoms with Crippen molar-refractivity contribution in [3.63, 3.8) is 0 Å². The average Bonchev–Trinajstić information content (AvgIpc) is 2.97. The van der Waals surface area contributed by atoms with Crippen molar-refractivity contribution in [2.24, 2.45) is 0 Å². The Morgan fingerprint density at radius 3 is 3.06 bits per heavy atom. The van der Waals surface area contributed by atoms with E-state index in [-0.39, 0.29) is 0 Å². The summed E-state index contributed by atoms with van der Waals surface area (Å²) in [7, 11) is 0. The molecule has 2 aromatic heterocycles. The number of aromatic nitrogens is 2. The molecule has 2 N–H and O–H groups in total. The fraction of sp³-hybridized carbons (Fsp3) is 0.364. The molecule has 0 bridgehead atoms. The highest BCUT2D eigenvalue weighted by molar-refractivity contribution is 9.10. The SMILES string of the molecule is Brc1csc(-c2cc(C3CCCN3)[nH]n2)c1. The molecule has 1 atom stereocenters. The van der Waals surface area contributed by atoms with E-state index < -0.39 is 0 Å². The van der Waals surface area contributed by atoms with Gasteiger partial charge in [0.15, 0.2) is 0 Å². The van der Waals surface area contributed by atoms with E-state index in [4.69, 9.17) is 0 Å². The minimum Gasteiger partial charge on any atom is -0.309 e. The Morgan fingerprint density at radius 1 is 1.44 bits per heavy atom. The van der Waals surface area contributed by atoms with Gasteiger partial charge in [-0.15, -0.1) is 11.3 Å². The first kappa shape index (κ1) is 10.5. The number of thiophene rings is 1. The van der Waals surface area contributed by atoms with Crippen molar-refractivity contribution in [1.29, 1.82) is 0 Å². The van der Waals surface area contributed by atoms with Crippen molar-refractivity contribution in [3.05, 3.63) is 27.7 Å². The van der Waals surface area contributed by atoms with E-state index in [1.807, 2.05) is 0 Å². The van der Waals surface area contributed by atoms with Gasteiger partial charge in [-0.1, -0.05) is 0 Å². The smallest absolute Gasteiger partial charge is 0.102 e. The summed E-state index contributed by atoms with van der Waals surface area (Å²) in [5.74, 6) is 0. The topological polar surface area (TPSA) is 40.7 Å². The van der Waals surface area contributed by atoms with Gasteiger partial charge in [-0.05, 0) is 47.4 Å². The predicted molar refractivity (Wildman–Crippen MR) is 69.6 cm³/mol. The van der Waals surface area contributed by atoms with Crippen LogP contribution in [0.1, 0.15) is 24.6 Å². The number of nitrogens with zero attached hydrogens (tertiary/aromatic N) is 1. The van der Waals surface area contributed by atoms with E-state index in [1.165, 1.54) is 23.4 Å². The summed E-state index contributed by atoms with van der Waals surface area (Å²) in [5, 5.41) is 13.0. The van der Waals surface area contributed by atoms with Gasteiger partial charge in [-0.3, -0.25) is 5.10 Å². The van der Waals surface area contributed by atoms with Crippen molar-refractivity contribution in [2.45, 2.75) is 18.9 Å². The highest BCUT2D eigenvalue weighted by atomic mass is 79.9.